The smallest absolute Gasteiger partial charge is 0.252 e. The highest BCUT2D eigenvalue weighted by Gasteiger charge is 2.47. The second kappa shape index (κ2) is 24.9. The van der Waals surface area contributed by atoms with Gasteiger partial charge in [0, 0.05) is 55.9 Å². The van der Waals surface area contributed by atoms with Gasteiger partial charge in [0.05, 0.1) is 11.4 Å². The summed E-state index contributed by atoms with van der Waals surface area (Å²) in [5, 5.41) is 0.687. The first-order valence-corrected chi connectivity index (χ1v) is 37.4. The molecule has 102 heavy (non-hydrogen) atoms. The molecule has 1 aliphatic carbocycles. The van der Waals surface area contributed by atoms with E-state index in [-0.39, 0.29) is 45.1 Å². The van der Waals surface area contributed by atoms with E-state index in [1.165, 1.54) is 88.7 Å². The zero-order valence-corrected chi connectivity index (χ0v) is 64.1. The molecule has 2 nitrogen and oxygen atoms in total. The first-order chi connectivity index (χ1) is 48.3. The molecule has 0 unspecified atom stereocenters. The van der Waals surface area contributed by atoms with Gasteiger partial charge in [-0.1, -0.05) is 355 Å². The van der Waals surface area contributed by atoms with Crippen molar-refractivity contribution in [2.45, 2.75) is 169 Å². The summed E-state index contributed by atoms with van der Waals surface area (Å²) in [6.45, 7) is 41.6. The van der Waals surface area contributed by atoms with Crippen LogP contribution in [0.15, 0.2) is 249 Å². The summed E-state index contributed by atoms with van der Waals surface area (Å²) >= 11 is 7.66. The predicted molar refractivity (Wildman–Crippen MR) is 441 cm³/mol. The van der Waals surface area contributed by atoms with Crippen LogP contribution in [0.1, 0.15) is 192 Å². The molecule has 2 heterocycles. The topological polar surface area (TPSA) is 6.48 Å². The van der Waals surface area contributed by atoms with Crippen LogP contribution < -0.4 is 26.2 Å². The van der Waals surface area contributed by atoms with Crippen molar-refractivity contribution in [3.05, 3.63) is 315 Å². The zero-order chi connectivity index (χ0) is 71.9. The van der Waals surface area contributed by atoms with Crippen LogP contribution in [-0.4, -0.2) is 6.71 Å². The van der Waals surface area contributed by atoms with Gasteiger partial charge < -0.3 is 9.80 Å². The summed E-state index contributed by atoms with van der Waals surface area (Å²) in [6.07, 6.45) is 0.869. The highest BCUT2D eigenvalue weighted by atomic mass is 35.5. The summed E-state index contributed by atoms with van der Waals surface area (Å²) < 4.78 is 0. The van der Waals surface area contributed by atoms with Crippen LogP contribution in [0.25, 0.3) is 55.6 Å². The van der Waals surface area contributed by atoms with Crippen LogP contribution in [0.3, 0.4) is 0 Å². The molecule has 0 N–H and O–H groups in total. The Morgan fingerprint density at radius 3 is 0.990 bits per heavy atom. The fourth-order valence-corrected chi connectivity index (χ4v) is 16.4. The van der Waals surface area contributed by atoms with E-state index >= 15 is 0 Å². The van der Waals surface area contributed by atoms with E-state index in [0.717, 1.165) is 85.1 Å². The number of hydrogen-bond donors (Lipinski definition) is 0. The standard InChI is InChI=1S/C98H98BClN2/c1-93(2,3)70-42-33-61(34-43-70)79-29-23-30-80(62-35-44-71(45-36-62)94(4,5)6)91(79)101-85-56-65(68-54-74(97(13,14)15)59-75(55-68)98(16,17)18)41-51-83(85)99-84-52-50-76(100)60-86(84)102(88-58-69(57-87(101)90(88)99)89-77-27-21-19-25-66(77)53-67-26-20-22-28-78(67)89)92-81(63-37-46-72(47-38-63)95(7,8)9)31-24-32-82(92)64-39-48-73(49-40-64)96(10,11)12/h19-52,54-60,89H,53H2,1-18H3. The predicted octanol–water partition coefficient (Wildman–Crippen LogP) is 25.6. The van der Waals surface area contributed by atoms with Crippen molar-refractivity contribution < 1.29 is 0 Å². The average Bonchev–Trinajstić information content (AvgIpc) is 0.686. The normalized spacial score (nSPS) is 13.9. The first-order valence-electron chi connectivity index (χ1n) is 37.0. The minimum atomic E-state index is -0.231. The van der Waals surface area contributed by atoms with E-state index in [0.29, 0.717) is 5.02 Å². The molecule has 2 aliphatic heterocycles. The van der Waals surface area contributed by atoms with Crippen molar-refractivity contribution in [1.29, 1.82) is 0 Å². The second-order valence-electron chi connectivity index (χ2n) is 35.6. The van der Waals surface area contributed by atoms with Gasteiger partial charge in [0.1, 0.15) is 0 Å². The Labute approximate surface area is 614 Å². The Bertz CT molecular complexity index is 5010. The van der Waals surface area contributed by atoms with E-state index in [9.17, 15) is 0 Å². The quantitative estimate of drug-likeness (QED) is 0.140. The second-order valence-corrected chi connectivity index (χ2v) is 36.0. The van der Waals surface area contributed by atoms with Gasteiger partial charge in [0.2, 0.25) is 0 Å². The van der Waals surface area contributed by atoms with Gasteiger partial charge in [-0.05, 0) is 180 Å². The van der Waals surface area contributed by atoms with E-state index in [1.54, 1.807) is 0 Å². The molecule has 0 fully saturated rings. The molecule has 4 heteroatoms. The molecular formula is C98H98BClN2. The van der Waals surface area contributed by atoms with Crippen LogP contribution in [0.2, 0.25) is 5.02 Å². The highest BCUT2D eigenvalue weighted by Crippen LogP contribution is 2.56. The summed E-state index contributed by atoms with van der Waals surface area (Å²) in [5.41, 5.74) is 36.1. The van der Waals surface area contributed by atoms with Crippen molar-refractivity contribution in [2.75, 3.05) is 9.80 Å². The molecule has 12 aromatic rings. The van der Waals surface area contributed by atoms with Crippen molar-refractivity contribution >= 4 is 68.8 Å². The van der Waals surface area contributed by atoms with Crippen LogP contribution in [0, 0.1) is 0 Å². The first kappa shape index (κ1) is 68.4. The Morgan fingerprint density at radius 2 is 0.627 bits per heavy atom. The summed E-state index contributed by atoms with van der Waals surface area (Å²) in [5.74, 6) is -0.117. The molecule has 0 spiro atoms. The Morgan fingerprint density at radius 1 is 0.294 bits per heavy atom. The number of benzene rings is 12. The molecule has 0 amide bonds. The molecule has 510 valence electrons. The average molecular weight is 1350 g/mol. The highest BCUT2D eigenvalue weighted by molar-refractivity contribution is 7.00. The maximum Gasteiger partial charge on any atom is 0.252 e. The number of nitrogens with zero attached hydrogens (tertiary/aromatic N) is 2. The van der Waals surface area contributed by atoms with E-state index in [4.69, 9.17) is 11.6 Å². The van der Waals surface area contributed by atoms with Gasteiger partial charge in [-0.15, -0.1) is 0 Å². The third kappa shape index (κ3) is 12.4. The van der Waals surface area contributed by atoms with Crippen LogP contribution >= 0.6 is 11.6 Å². The number of para-hydroxylation sites is 2. The van der Waals surface area contributed by atoms with Gasteiger partial charge in [-0.3, -0.25) is 0 Å². The third-order valence-corrected chi connectivity index (χ3v) is 22.5. The molecule has 0 saturated heterocycles. The number of halogens is 1. The van der Waals surface area contributed by atoms with Crippen LogP contribution in [-0.2, 0) is 38.9 Å². The van der Waals surface area contributed by atoms with Gasteiger partial charge in [0.25, 0.3) is 6.71 Å². The molecular weight excluding hydrogens is 1250 g/mol. The molecule has 0 saturated carbocycles. The van der Waals surface area contributed by atoms with Crippen LogP contribution in [0.4, 0.5) is 34.1 Å². The third-order valence-electron chi connectivity index (χ3n) is 22.3. The molecule has 0 bridgehead atoms. The number of fused-ring (bicyclic) bond motifs is 6. The molecule has 0 aromatic heterocycles. The molecule has 12 aromatic carbocycles. The molecule has 0 radical (unpaired) electrons. The maximum atomic E-state index is 7.66. The lowest BCUT2D eigenvalue weighted by molar-refractivity contribution is 0.569. The summed E-state index contributed by atoms with van der Waals surface area (Å²) in [4.78, 5) is 5.41. The molecule has 3 aliphatic rings. The fourth-order valence-electron chi connectivity index (χ4n) is 16.3. The zero-order valence-electron chi connectivity index (χ0n) is 63.3. The SMILES string of the molecule is CC(C)(C)c1ccc(-c2cccc(-c3ccc(C(C)(C)C)cc3)c2N2c3cc(Cl)ccc3B3c4ccc(-c5cc(C(C)(C)C)cc(C(C)(C)C)c5)cc4N(c4c(-c5ccc(C(C)(C)C)cc5)cccc4-c4ccc(C(C)(C)C)cc4)c4cc(C5c6ccccc6Cc6ccccc65)cc2c43)cc1. The number of hydrogen-bond acceptors (Lipinski definition) is 2. The largest absolute Gasteiger partial charge is 0.310 e. The molecule has 15 rings (SSSR count). The van der Waals surface area contributed by atoms with E-state index in [2.05, 4.69) is 383 Å². The lowest BCUT2D eigenvalue weighted by Gasteiger charge is -2.46. The minimum absolute atomic E-state index is 0.0373. The fraction of sp³-hybridized carbons (Fsp3) is 0.265. The van der Waals surface area contributed by atoms with E-state index < -0.39 is 0 Å². The Hall–Kier alpha value is -9.41. The van der Waals surface area contributed by atoms with Gasteiger partial charge >= 0.3 is 0 Å². The van der Waals surface area contributed by atoms with Crippen molar-refractivity contribution in [3.63, 3.8) is 0 Å². The summed E-state index contributed by atoms with van der Waals surface area (Å²) in [6, 6.07) is 97.2. The maximum absolute atomic E-state index is 7.66. The van der Waals surface area contributed by atoms with E-state index in [1.807, 2.05) is 0 Å². The van der Waals surface area contributed by atoms with Crippen LogP contribution in [0.5, 0.6) is 0 Å². The van der Waals surface area contributed by atoms with Gasteiger partial charge in [-0.25, -0.2) is 0 Å². The van der Waals surface area contributed by atoms with Crippen molar-refractivity contribution in [3.8, 4) is 55.6 Å². The number of rotatable bonds is 8. The summed E-state index contributed by atoms with van der Waals surface area (Å²) in [7, 11) is 0. The minimum Gasteiger partial charge on any atom is -0.310 e. The molecule has 0 atom stereocenters. The monoisotopic (exact) mass is 1350 g/mol. The Kier molecular flexibility index (Phi) is 16.7. The lowest BCUT2D eigenvalue weighted by atomic mass is 9.33. The Balaban J connectivity index is 1.13. The van der Waals surface area contributed by atoms with Crippen molar-refractivity contribution in [1.82, 2.24) is 0 Å². The van der Waals surface area contributed by atoms with Crippen molar-refractivity contribution in [2.24, 2.45) is 0 Å². The number of anilines is 6. The van der Waals surface area contributed by atoms with Gasteiger partial charge in [-0.2, -0.15) is 0 Å². The van der Waals surface area contributed by atoms with Gasteiger partial charge in [0.15, 0.2) is 0 Å². The lowest BCUT2D eigenvalue weighted by Crippen LogP contribution is -2.61.